The molecule has 0 aliphatic rings. The molecule has 0 radical (unpaired) electrons. The van der Waals surface area contributed by atoms with E-state index in [0.717, 1.165) is 16.7 Å². The zero-order valence-electron chi connectivity index (χ0n) is 14.6. The molecule has 1 aromatic carbocycles. The number of imidazole rings is 1. The lowest BCUT2D eigenvalue weighted by molar-refractivity contribution is -0.134. The van der Waals surface area contributed by atoms with Crippen LogP contribution in [0, 0.1) is 5.92 Å². The minimum Gasteiger partial charge on any atom is -0.478 e. The molecule has 0 spiro atoms. The van der Waals surface area contributed by atoms with Crippen molar-refractivity contribution >= 4 is 34.5 Å². The maximum Gasteiger partial charge on any atom is 0.328 e. The quantitative estimate of drug-likeness (QED) is 0.637. The van der Waals surface area contributed by atoms with Gasteiger partial charge in [0.2, 0.25) is 0 Å². The first-order valence-corrected chi connectivity index (χ1v) is 8.33. The molecule has 142 valence electrons. The fourth-order valence-electron chi connectivity index (χ4n) is 2.52. The standard InChI is InChI=1S/C14H14ClN3O.C4H4O4/c1-9(2)14(18-6-5-16-8-18)13-11-7-10(15)3-4-12(11)19-17-13;5-3(6)1-2-4(7)8/h3-9,14H,1-2H3;1-2H,(H,5,6)(H,7,8). The zero-order chi connectivity index (χ0) is 20.0. The average Bonchev–Trinajstić information content (AvgIpc) is 3.24. The molecule has 8 nitrogen and oxygen atoms in total. The van der Waals surface area contributed by atoms with Crippen molar-refractivity contribution in [3.05, 3.63) is 59.8 Å². The van der Waals surface area contributed by atoms with Crippen LogP contribution in [-0.2, 0) is 9.59 Å². The number of carboxylic acid groups (broad SMARTS) is 2. The SMILES string of the molecule is CC(C)C(c1noc2ccc(Cl)cc12)n1ccnc1.O=C(O)C=CC(=O)O. The smallest absolute Gasteiger partial charge is 0.328 e. The fraction of sp³-hybridized carbons (Fsp3) is 0.222. The van der Waals surface area contributed by atoms with E-state index in [4.69, 9.17) is 26.3 Å². The van der Waals surface area contributed by atoms with E-state index in [1.165, 1.54) is 0 Å². The Morgan fingerprint density at radius 1 is 1.22 bits per heavy atom. The number of hydrogen-bond donors (Lipinski definition) is 2. The Bertz CT molecular complexity index is 931. The Balaban J connectivity index is 0.000000279. The van der Waals surface area contributed by atoms with E-state index < -0.39 is 11.9 Å². The van der Waals surface area contributed by atoms with Gasteiger partial charge in [-0.3, -0.25) is 0 Å². The van der Waals surface area contributed by atoms with Gasteiger partial charge in [0.15, 0.2) is 5.58 Å². The topological polar surface area (TPSA) is 118 Å². The third-order valence-electron chi connectivity index (χ3n) is 3.59. The van der Waals surface area contributed by atoms with E-state index in [1.807, 2.05) is 22.9 Å². The molecular weight excluding hydrogens is 374 g/mol. The van der Waals surface area contributed by atoms with Crippen molar-refractivity contribution in [2.24, 2.45) is 5.92 Å². The highest BCUT2D eigenvalue weighted by Gasteiger charge is 2.23. The van der Waals surface area contributed by atoms with Gasteiger partial charge in [-0.25, -0.2) is 14.6 Å². The van der Waals surface area contributed by atoms with Gasteiger partial charge in [-0.2, -0.15) is 0 Å². The first kappa shape index (κ1) is 20.2. The molecule has 0 amide bonds. The Hall–Kier alpha value is -3.13. The van der Waals surface area contributed by atoms with E-state index in [2.05, 4.69) is 24.0 Å². The number of carbonyl (C=O) groups is 2. The summed E-state index contributed by atoms with van der Waals surface area (Å²) in [6.07, 6.45) is 6.63. The highest BCUT2D eigenvalue weighted by molar-refractivity contribution is 6.31. The van der Waals surface area contributed by atoms with Gasteiger partial charge >= 0.3 is 11.9 Å². The Morgan fingerprint density at radius 2 is 1.89 bits per heavy atom. The van der Waals surface area contributed by atoms with Crippen molar-refractivity contribution in [3.8, 4) is 0 Å². The Morgan fingerprint density at radius 3 is 2.41 bits per heavy atom. The Labute approximate surface area is 159 Å². The molecule has 0 saturated carbocycles. The summed E-state index contributed by atoms with van der Waals surface area (Å²) < 4.78 is 7.44. The summed E-state index contributed by atoms with van der Waals surface area (Å²) in [7, 11) is 0. The molecule has 2 heterocycles. The van der Waals surface area contributed by atoms with Crippen LogP contribution in [0.2, 0.25) is 5.02 Å². The van der Waals surface area contributed by atoms with Crippen molar-refractivity contribution < 1.29 is 24.3 Å². The maximum atomic E-state index is 9.55. The molecule has 3 aromatic rings. The van der Waals surface area contributed by atoms with Crippen LogP contribution < -0.4 is 0 Å². The predicted molar refractivity (Wildman–Crippen MR) is 98.6 cm³/mol. The molecule has 0 saturated heterocycles. The monoisotopic (exact) mass is 391 g/mol. The molecular formula is C18H18ClN3O5. The van der Waals surface area contributed by atoms with E-state index >= 15 is 0 Å². The van der Waals surface area contributed by atoms with Gasteiger partial charge in [0.05, 0.1) is 12.4 Å². The molecule has 9 heteroatoms. The predicted octanol–water partition coefficient (Wildman–Crippen LogP) is 3.63. The van der Waals surface area contributed by atoms with Crippen LogP contribution in [0.15, 0.2) is 53.6 Å². The van der Waals surface area contributed by atoms with Crippen LogP contribution in [0.5, 0.6) is 0 Å². The van der Waals surface area contributed by atoms with Crippen molar-refractivity contribution in [1.29, 1.82) is 0 Å². The van der Waals surface area contributed by atoms with Gasteiger partial charge in [-0.05, 0) is 24.1 Å². The Kier molecular flexibility index (Phi) is 6.73. The van der Waals surface area contributed by atoms with Gasteiger partial charge < -0.3 is 19.3 Å². The van der Waals surface area contributed by atoms with Crippen molar-refractivity contribution in [2.75, 3.05) is 0 Å². The van der Waals surface area contributed by atoms with E-state index in [1.54, 1.807) is 18.6 Å². The maximum absolute atomic E-state index is 9.55. The lowest BCUT2D eigenvalue weighted by atomic mass is 9.98. The van der Waals surface area contributed by atoms with Gasteiger partial charge in [0.1, 0.15) is 5.69 Å². The summed E-state index contributed by atoms with van der Waals surface area (Å²) in [5.74, 6) is -2.15. The summed E-state index contributed by atoms with van der Waals surface area (Å²) in [6, 6.07) is 5.64. The number of aromatic nitrogens is 3. The van der Waals surface area contributed by atoms with Gasteiger partial charge in [0.25, 0.3) is 0 Å². The second kappa shape index (κ2) is 9.00. The number of aliphatic carboxylic acids is 2. The molecule has 0 aliphatic carbocycles. The van der Waals surface area contributed by atoms with Crippen LogP contribution >= 0.6 is 11.6 Å². The van der Waals surface area contributed by atoms with Crippen LogP contribution in [0.1, 0.15) is 25.6 Å². The van der Waals surface area contributed by atoms with Gasteiger partial charge in [-0.15, -0.1) is 0 Å². The number of nitrogens with zero attached hydrogens (tertiary/aromatic N) is 3. The molecule has 2 aromatic heterocycles. The summed E-state index contributed by atoms with van der Waals surface area (Å²) >= 11 is 6.07. The summed E-state index contributed by atoms with van der Waals surface area (Å²) in [5.41, 5.74) is 1.65. The zero-order valence-corrected chi connectivity index (χ0v) is 15.4. The number of fused-ring (bicyclic) bond motifs is 1. The van der Waals surface area contributed by atoms with Crippen molar-refractivity contribution in [3.63, 3.8) is 0 Å². The number of benzene rings is 1. The molecule has 1 unspecified atom stereocenters. The normalized spacial score (nSPS) is 12.1. The number of rotatable bonds is 5. The van der Waals surface area contributed by atoms with Crippen molar-refractivity contribution in [2.45, 2.75) is 19.9 Å². The molecule has 3 rings (SSSR count). The summed E-state index contributed by atoms with van der Waals surface area (Å²) in [6.45, 7) is 4.30. The lowest BCUT2D eigenvalue weighted by Crippen LogP contribution is -2.15. The first-order chi connectivity index (χ1) is 12.8. The fourth-order valence-corrected chi connectivity index (χ4v) is 2.69. The summed E-state index contributed by atoms with van der Waals surface area (Å²) in [4.78, 5) is 23.2. The van der Waals surface area contributed by atoms with E-state index in [-0.39, 0.29) is 6.04 Å². The summed E-state index contributed by atoms with van der Waals surface area (Å²) in [5, 5.41) is 21.5. The van der Waals surface area contributed by atoms with Gasteiger partial charge in [0, 0.05) is 35.0 Å². The number of carboxylic acids is 2. The molecule has 0 fully saturated rings. The number of halogens is 1. The lowest BCUT2D eigenvalue weighted by Gasteiger charge is -2.20. The number of hydrogen-bond acceptors (Lipinski definition) is 5. The van der Waals surface area contributed by atoms with Gasteiger partial charge in [-0.1, -0.05) is 30.6 Å². The van der Waals surface area contributed by atoms with Crippen LogP contribution in [-0.4, -0.2) is 36.9 Å². The van der Waals surface area contributed by atoms with Crippen LogP contribution in [0.4, 0.5) is 0 Å². The highest BCUT2D eigenvalue weighted by Crippen LogP contribution is 2.32. The highest BCUT2D eigenvalue weighted by atomic mass is 35.5. The van der Waals surface area contributed by atoms with E-state index in [9.17, 15) is 9.59 Å². The largest absolute Gasteiger partial charge is 0.478 e. The minimum absolute atomic E-state index is 0.0854. The first-order valence-electron chi connectivity index (χ1n) is 7.95. The molecule has 2 N–H and O–H groups in total. The third kappa shape index (κ3) is 5.42. The second-order valence-electron chi connectivity index (χ2n) is 5.92. The van der Waals surface area contributed by atoms with Crippen LogP contribution in [0.3, 0.4) is 0 Å². The minimum atomic E-state index is -1.26. The average molecular weight is 392 g/mol. The second-order valence-corrected chi connectivity index (χ2v) is 6.35. The third-order valence-corrected chi connectivity index (χ3v) is 3.82. The molecule has 0 aliphatic heterocycles. The molecule has 27 heavy (non-hydrogen) atoms. The molecule has 1 atom stereocenters. The van der Waals surface area contributed by atoms with Crippen LogP contribution in [0.25, 0.3) is 11.0 Å². The van der Waals surface area contributed by atoms with E-state index in [0.29, 0.717) is 23.1 Å². The van der Waals surface area contributed by atoms with Crippen molar-refractivity contribution in [1.82, 2.24) is 14.7 Å². The molecule has 0 bridgehead atoms.